The number of nitrogens with two attached hydrogens (primary N) is 1. The molecule has 0 saturated carbocycles. The van der Waals surface area contributed by atoms with Gasteiger partial charge >= 0.3 is 0 Å². The van der Waals surface area contributed by atoms with Gasteiger partial charge in [-0.05, 0) is 13.8 Å². The number of amides is 5. The van der Waals surface area contributed by atoms with Gasteiger partial charge in [0.1, 0.15) is 99.3 Å². The summed E-state index contributed by atoms with van der Waals surface area (Å²) in [5.74, 6) is -4.25. The van der Waals surface area contributed by atoms with E-state index in [0.717, 1.165) is 11.0 Å². The molecular formula is C35H59N9O21. The number of primary amides is 1. The fourth-order valence-corrected chi connectivity index (χ4v) is 6.60. The van der Waals surface area contributed by atoms with Crippen LogP contribution in [0.5, 0.6) is 0 Å². The highest BCUT2D eigenvalue weighted by molar-refractivity contribution is 5.88. The van der Waals surface area contributed by atoms with Crippen LogP contribution in [0.4, 0.5) is 0 Å². The molecule has 370 valence electrons. The minimum atomic E-state index is -1.77. The first-order valence-corrected chi connectivity index (χ1v) is 20.3. The largest absolute Gasteiger partial charge is 0.394 e. The number of nitrogens with zero attached hydrogens (tertiary/aromatic N) is 3. The molecule has 0 bridgehead atoms. The summed E-state index contributed by atoms with van der Waals surface area (Å²) >= 11 is 0. The molecule has 30 heteroatoms. The van der Waals surface area contributed by atoms with Crippen LogP contribution < -0.4 is 32.3 Å². The number of carbonyl (C=O) groups is 5. The Bertz CT molecular complexity index is 1710. The zero-order chi connectivity index (χ0) is 48.1. The summed E-state index contributed by atoms with van der Waals surface area (Å²) < 4.78 is 32.9. The van der Waals surface area contributed by atoms with Crippen molar-refractivity contribution >= 4 is 29.5 Å². The molecule has 4 rings (SSSR count). The third kappa shape index (κ3) is 14.9. The van der Waals surface area contributed by atoms with Gasteiger partial charge < -0.3 is 112 Å². The van der Waals surface area contributed by atoms with E-state index in [0.29, 0.717) is 0 Å². The SMILES string of the molecule is C[C@H](NC(=O)COC1OC(CO)C(O)C(O)C1O)C(=O)NCC(CNC[C@H](C)NC(=O)COC1OC(CO)C(O)C(O)C1O)NC(=O)COC[C@H]1O[C@@H](n2cnc(C(N)=O)n2)[C@H](O)[C@@H]1O. The van der Waals surface area contributed by atoms with Crippen molar-refractivity contribution in [2.45, 2.75) is 118 Å². The zero-order valence-corrected chi connectivity index (χ0v) is 35.1. The number of hydrogen-bond acceptors (Lipinski definition) is 24. The van der Waals surface area contributed by atoms with Crippen LogP contribution in [0.15, 0.2) is 6.33 Å². The van der Waals surface area contributed by atoms with Crippen LogP contribution >= 0.6 is 0 Å². The number of ether oxygens (including phenoxy) is 6. The third-order valence-electron chi connectivity index (χ3n) is 10.2. The number of hydrogen-bond donors (Lipinski definition) is 16. The molecule has 3 aliphatic rings. The maximum absolute atomic E-state index is 13.0. The molecule has 17 atom stereocenters. The Morgan fingerprint density at radius 1 is 0.692 bits per heavy atom. The Kier molecular flexibility index (Phi) is 20.6. The summed E-state index contributed by atoms with van der Waals surface area (Å²) in [6.45, 7) is -1.10. The molecule has 1 aromatic heterocycles. The molecule has 0 aliphatic carbocycles. The van der Waals surface area contributed by atoms with Crippen LogP contribution in [-0.4, -0.2) is 252 Å². The van der Waals surface area contributed by atoms with Gasteiger partial charge in [0.15, 0.2) is 18.8 Å². The van der Waals surface area contributed by atoms with Crippen molar-refractivity contribution in [3.8, 4) is 0 Å². The van der Waals surface area contributed by atoms with Gasteiger partial charge in [0.25, 0.3) is 5.91 Å². The topological polar surface area (TPSA) is 460 Å². The lowest BCUT2D eigenvalue weighted by Crippen LogP contribution is -2.59. The molecule has 3 fully saturated rings. The Morgan fingerprint density at radius 3 is 1.77 bits per heavy atom. The first-order valence-electron chi connectivity index (χ1n) is 20.3. The zero-order valence-electron chi connectivity index (χ0n) is 35.1. The Balaban J connectivity index is 1.27. The number of nitrogens with one attached hydrogen (secondary N) is 5. The summed E-state index contributed by atoms with van der Waals surface area (Å²) in [5, 5.41) is 117. The molecule has 11 unspecified atom stereocenters. The molecular weight excluding hydrogens is 882 g/mol. The van der Waals surface area contributed by atoms with Crippen molar-refractivity contribution in [3.63, 3.8) is 0 Å². The van der Waals surface area contributed by atoms with E-state index in [-0.39, 0.29) is 25.5 Å². The monoisotopic (exact) mass is 941 g/mol. The second-order valence-electron chi connectivity index (χ2n) is 15.4. The van der Waals surface area contributed by atoms with Crippen molar-refractivity contribution in [2.75, 3.05) is 59.3 Å². The number of aliphatic hydroxyl groups excluding tert-OH is 10. The number of aliphatic hydroxyl groups is 10. The van der Waals surface area contributed by atoms with E-state index >= 15 is 0 Å². The standard InChI is InChI=1S/C35H59N9O21/c1-13(40-20(48)10-61-34-28(56)25(53)22(50)16(6-45)64-34)3-37-4-15(5-38-32(59)14(2)41-21(49)11-62-35-29(57)26(54)23(51)17(7-46)65-35)42-19(47)9-60-8-18-24(52)27(55)33(63-18)44-12-39-31(43-44)30(36)58/h12-18,22-29,33-35,37,45-46,50-57H,3-11H2,1-2H3,(H2,36,58)(H,38,59)(H,40,48)(H,41,49)(H,42,47)/t13-,14-,15?,16?,17?,18+,22?,23?,24+,25?,26?,27+,28?,29?,33+,34?,35?/m0/s1. The van der Waals surface area contributed by atoms with Crippen molar-refractivity contribution in [3.05, 3.63) is 12.2 Å². The van der Waals surface area contributed by atoms with Crippen molar-refractivity contribution in [2.24, 2.45) is 5.73 Å². The average molecular weight is 942 g/mol. The molecule has 30 nitrogen and oxygen atoms in total. The number of rotatable bonds is 24. The third-order valence-corrected chi connectivity index (χ3v) is 10.2. The van der Waals surface area contributed by atoms with E-state index in [4.69, 9.17) is 34.2 Å². The van der Waals surface area contributed by atoms with Crippen LogP contribution in [0.2, 0.25) is 0 Å². The Labute approximate surface area is 369 Å². The van der Waals surface area contributed by atoms with Crippen molar-refractivity contribution < 1.29 is 103 Å². The smallest absolute Gasteiger partial charge is 0.288 e. The van der Waals surface area contributed by atoms with Crippen LogP contribution in [0.1, 0.15) is 30.7 Å². The maximum atomic E-state index is 13.0. The van der Waals surface area contributed by atoms with E-state index in [1.807, 2.05) is 0 Å². The van der Waals surface area contributed by atoms with Crippen LogP contribution in [0.25, 0.3) is 0 Å². The van der Waals surface area contributed by atoms with Crippen LogP contribution in [0, 0.1) is 0 Å². The minimum Gasteiger partial charge on any atom is -0.394 e. The lowest BCUT2D eigenvalue weighted by Gasteiger charge is -2.39. The summed E-state index contributed by atoms with van der Waals surface area (Å²) in [4.78, 5) is 66.2. The summed E-state index contributed by atoms with van der Waals surface area (Å²) in [6, 6.07) is -2.66. The van der Waals surface area contributed by atoms with Gasteiger partial charge in [0.2, 0.25) is 29.5 Å². The average Bonchev–Trinajstić information content (AvgIpc) is 3.87. The molecule has 5 amide bonds. The molecule has 4 heterocycles. The predicted molar refractivity (Wildman–Crippen MR) is 208 cm³/mol. The molecule has 0 aromatic carbocycles. The highest BCUT2D eigenvalue weighted by atomic mass is 16.7. The van der Waals surface area contributed by atoms with Gasteiger partial charge in [0, 0.05) is 25.7 Å². The van der Waals surface area contributed by atoms with E-state index in [1.165, 1.54) is 6.92 Å². The summed E-state index contributed by atoms with van der Waals surface area (Å²) in [7, 11) is 0. The van der Waals surface area contributed by atoms with Crippen LogP contribution in [-0.2, 0) is 47.6 Å². The van der Waals surface area contributed by atoms with Crippen molar-refractivity contribution in [1.29, 1.82) is 0 Å². The molecule has 3 aliphatic heterocycles. The lowest BCUT2D eigenvalue weighted by molar-refractivity contribution is -0.299. The van der Waals surface area contributed by atoms with Gasteiger partial charge in [-0.3, -0.25) is 24.0 Å². The van der Waals surface area contributed by atoms with E-state index in [9.17, 15) is 75.0 Å². The number of carbonyl (C=O) groups excluding carboxylic acids is 5. The van der Waals surface area contributed by atoms with Gasteiger partial charge in [-0.2, -0.15) is 0 Å². The number of aromatic nitrogens is 3. The molecule has 0 spiro atoms. The first-order chi connectivity index (χ1) is 30.7. The maximum Gasteiger partial charge on any atom is 0.288 e. The Hall–Kier alpha value is -4.19. The van der Waals surface area contributed by atoms with E-state index < -0.39 is 173 Å². The second-order valence-corrected chi connectivity index (χ2v) is 15.4. The highest BCUT2D eigenvalue weighted by Gasteiger charge is 2.46. The second kappa shape index (κ2) is 25.1. The fourth-order valence-electron chi connectivity index (χ4n) is 6.60. The molecule has 65 heavy (non-hydrogen) atoms. The van der Waals surface area contributed by atoms with Gasteiger partial charge in [0.05, 0.1) is 25.9 Å². The van der Waals surface area contributed by atoms with E-state index in [1.54, 1.807) is 6.92 Å². The Morgan fingerprint density at radius 2 is 1.23 bits per heavy atom. The highest BCUT2D eigenvalue weighted by Crippen LogP contribution is 2.29. The summed E-state index contributed by atoms with van der Waals surface area (Å²) in [5.41, 5.74) is 5.16. The molecule has 0 radical (unpaired) electrons. The van der Waals surface area contributed by atoms with Crippen LogP contribution in [0.3, 0.4) is 0 Å². The molecule has 17 N–H and O–H groups in total. The fraction of sp³-hybridized carbons (Fsp3) is 0.800. The van der Waals surface area contributed by atoms with Gasteiger partial charge in [-0.15, -0.1) is 5.10 Å². The van der Waals surface area contributed by atoms with Gasteiger partial charge in [-0.25, -0.2) is 9.67 Å². The minimum absolute atomic E-state index is 0.0369. The predicted octanol–water partition coefficient (Wildman–Crippen LogP) is -11.2. The molecule has 1 aromatic rings. The molecule has 3 saturated heterocycles. The normalized spacial score (nSPS) is 32.8. The van der Waals surface area contributed by atoms with Crippen molar-refractivity contribution in [1.82, 2.24) is 41.3 Å². The first kappa shape index (κ1) is 53.4. The lowest BCUT2D eigenvalue weighted by atomic mass is 9.99. The van der Waals surface area contributed by atoms with E-state index in [2.05, 4.69) is 36.7 Å². The summed E-state index contributed by atoms with van der Waals surface area (Å²) in [6.07, 6.45) is -20.2. The quantitative estimate of drug-likeness (QED) is 0.0457. The van der Waals surface area contributed by atoms with Gasteiger partial charge in [-0.1, -0.05) is 0 Å².